The summed E-state index contributed by atoms with van der Waals surface area (Å²) in [6.07, 6.45) is 4.50. The average Bonchev–Trinajstić information content (AvgIpc) is 2.80. The van der Waals surface area contributed by atoms with Crippen molar-refractivity contribution in [2.75, 3.05) is 0 Å². The normalized spacial score (nSPS) is 12.6. The molecule has 2 N–H and O–H groups in total. The first-order valence-electron chi connectivity index (χ1n) is 5.45. The van der Waals surface area contributed by atoms with Crippen LogP contribution in [0.1, 0.15) is 30.8 Å². The first kappa shape index (κ1) is 12.2. The van der Waals surface area contributed by atoms with Crippen molar-refractivity contribution in [1.82, 2.24) is 20.0 Å². The van der Waals surface area contributed by atoms with Gasteiger partial charge >= 0.3 is 0 Å². The molecule has 0 aromatic carbocycles. The van der Waals surface area contributed by atoms with Crippen molar-refractivity contribution < 1.29 is 0 Å². The highest BCUT2D eigenvalue weighted by Gasteiger charge is 2.08. The molecule has 1 atom stereocenters. The molecular weight excluding hydrogens is 282 g/mol. The van der Waals surface area contributed by atoms with Crippen LogP contribution in [-0.2, 0) is 6.54 Å². The molecule has 0 aliphatic carbocycles. The Morgan fingerprint density at radius 2 is 2.29 bits per heavy atom. The smallest absolute Gasteiger partial charge is 0.0994 e. The van der Waals surface area contributed by atoms with Crippen molar-refractivity contribution in [3.63, 3.8) is 0 Å². The van der Waals surface area contributed by atoms with Gasteiger partial charge in [-0.15, -0.1) is 5.10 Å². The Hall–Kier alpha value is -1.27. The van der Waals surface area contributed by atoms with Crippen LogP contribution < -0.4 is 5.73 Å². The zero-order valence-corrected chi connectivity index (χ0v) is 11.1. The van der Waals surface area contributed by atoms with Crippen molar-refractivity contribution in [1.29, 1.82) is 0 Å². The molecule has 17 heavy (non-hydrogen) atoms. The van der Waals surface area contributed by atoms with E-state index < -0.39 is 0 Å². The van der Waals surface area contributed by atoms with Gasteiger partial charge in [-0.2, -0.15) is 0 Å². The van der Waals surface area contributed by atoms with Gasteiger partial charge in [0.2, 0.25) is 0 Å². The van der Waals surface area contributed by atoms with Gasteiger partial charge in [0.05, 0.1) is 30.2 Å². The zero-order valence-electron chi connectivity index (χ0n) is 9.55. The van der Waals surface area contributed by atoms with Crippen molar-refractivity contribution in [2.24, 2.45) is 5.73 Å². The molecule has 0 aliphatic rings. The van der Waals surface area contributed by atoms with E-state index in [2.05, 4.69) is 31.2 Å². The molecule has 0 radical (unpaired) electrons. The first-order chi connectivity index (χ1) is 8.19. The lowest BCUT2D eigenvalue weighted by Crippen LogP contribution is -2.08. The van der Waals surface area contributed by atoms with Crippen LogP contribution in [0.5, 0.6) is 0 Å². The molecule has 0 saturated carbocycles. The highest BCUT2D eigenvalue weighted by atomic mass is 79.9. The van der Waals surface area contributed by atoms with Crippen LogP contribution in [0.15, 0.2) is 29.0 Å². The molecule has 2 heterocycles. The molecule has 6 heteroatoms. The van der Waals surface area contributed by atoms with Crippen LogP contribution >= 0.6 is 15.9 Å². The standard InChI is InChI=1S/C11H14BrN5/c1-2-10(13)11-7-17(16-15-11)6-9-4-3-8(12)5-14-9/h3-5,7,10H,2,6,13H2,1H3. The van der Waals surface area contributed by atoms with E-state index in [-0.39, 0.29) is 6.04 Å². The summed E-state index contributed by atoms with van der Waals surface area (Å²) in [4.78, 5) is 4.28. The maximum absolute atomic E-state index is 5.88. The number of aromatic nitrogens is 4. The maximum atomic E-state index is 5.88. The largest absolute Gasteiger partial charge is 0.323 e. The van der Waals surface area contributed by atoms with Gasteiger partial charge < -0.3 is 5.73 Å². The second-order valence-electron chi connectivity index (χ2n) is 3.82. The van der Waals surface area contributed by atoms with Crippen LogP contribution in [0.3, 0.4) is 0 Å². The Labute approximate surface area is 108 Å². The molecule has 5 nitrogen and oxygen atoms in total. The number of nitrogens with zero attached hydrogens (tertiary/aromatic N) is 4. The summed E-state index contributed by atoms with van der Waals surface area (Å²) in [5.41, 5.74) is 7.65. The molecule has 2 rings (SSSR count). The summed E-state index contributed by atoms with van der Waals surface area (Å²) in [7, 11) is 0. The molecule has 0 spiro atoms. The molecule has 0 bridgehead atoms. The number of hydrogen-bond donors (Lipinski definition) is 1. The Morgan fingerprint density at radius 1 is 1.47 bits per heavy atom. The lowest BCUT2D eigenvalue weighted by Gasteiger charge is -2.02. The topological polar surface area (TPSA) is 69.6 Å². The fourth-order valence-corrected chi connectivity index (χ4v) is 1.67. The molecule has 2 aromatic heterocycles. The van der Waals surface area contributed by atoms with E-state index in [1.54, 1.807) is 10.9 Å². The summed E-state index contributed by atoms with van der Waals surface area (Å²) in [6.45, 7) is 2.64. The van der Waals surface area contributed by atoms with E-state index in [4.69, 9.17) is 5.73 Å². The minimum Gasteiger partial charge on any atom is -0.323 e. The third-order valence-corrected chi connectivity index (χ3v) is 2.96. The molecule has 0 amide bonds. The third-order valence-electron chi connectivity index (χ3n) is 2.49. The summed E-state index contributed by atoms with van der Waals surface area (Å²) in [5, 5.41) is 8.09. The molecule has 1 unspecified atom stereocenters. The molecular formula is C11H14BrN5. The van der Waals surface area contributed by atoms with Gasteiger partial charge in [0.15, 0.2) is 0 Å². The van der Waals surface area contributed by atoms with E-state index in [0.29, 0.717) is 6.54 Å². The van der Waals surface area contributed by atoms with E-state index in [1.165, 1.54) is 0 Å². The number of nitrogens with two attached hydrogens (primary N) is 1. The van der Waals surface area contributed by atoms with E-state index in [0.717, 1.165) is 22.3 Å². The van der Waals surface area contributed by atoms with Crippen molar-refractivity contribution in [2.45, 2.75) is 25.9 Å². The van der Waals surface area contributed by atoms with Gasteiger partial charge in [-0.25, -0.2) is 4.68 Å². The lowest BCUT2D eigenvalue weighted by molar-refractivity contribution is 0.635. The van der Waals surface area contributed by atoms with Crippen LogP contribution in [0.2, 0.25) is 0 Å². The second kappa shape index (κ2) is 5.37. The highest BCUT2D eigenvalue weighted by molar-refractivity contribution is 9.10. The first-order valence-corrected chi connectivity index (χ1v) is 6.24. The number of rotatable bonds is 4. The van der Waals surface area contributed by atoms with Crippen LogP contribution in [0.25, 0.3) is 0 Å². The fraction of sp³-hybridized carbons (Fsp3) is 0.364. The van der Waals surface area contributed by atoms with Crippen molar-refractivity contribution in [3.8, 4) is 0 Å². The van der Waals surface area contributed by atoms with Gasteiger partial charge in [0.1, 0.15) is 0 Å². The number of hydrogen-bond acceptors (Lipinski definition) is 4. The third kappa shape index (κ3) is 3.10. The summed E-state index contributed by atoms with van der Waals surface area (Å²) in [6, 6.07) is 3.87. The van der Waals surface area contributed by atoms with Gasteiger partial charge in [-0.3, -0.25) is 4.98 Å². The predicted molar refractivity (Wildman–Crippen MR) is 68.3 cm³/mol. The molecule has 90 valence electrons. The van der Waals surface area contributed by atoms with Gasteiger partial charge in [0.25, 0.3) is 0 Å². The van der Waals surface area contributed by atoms with Gasteiger partial charge in [0, 0.05) is 10.7 Å². The van der Waals surface area contributed by atoms with Crippen LogP contribution in [-0.4, -0.2) is 20.0 Å². The molecule has 2 aromatic rings. The minimum atomic E-state index is -0.0402. The van der Waals surface area contributed by atoms with Crippen molar-refractivity contribution >= 4 is 15.9 Å². The molecule has 0 fully saturated rings. The van der Waals surface area contributed by atoms with E-state index >= 15 is 0 Å². The summed E-state index contributed by atoms with van der Waals surface area (Å²) >= 11 is 3.35. The van der Waals surface area contributed by atoms with E-state index in [1.807, 2.05) is 25.3 Å². The Kier molecular flexibility index (Phi) is 3.86. The number of pyridine rings is 1. The predicted octanol–water partition coefficient (Wildman–Crippen LogP) is 1.89. The quantitative estimate of drug-likeness (QED) is 0.935. The fourth-order valence-electron chi connectivity index (χ4n) is 1.44. The van der Waals surface area contributed by atoms with Gasteiger partial charge in [-0.1, -0.05) is 12.1 Å². The molecule has 0 saturated heterocycles. The zero-order chi connectivity index (χ0) is 12.3. The average molecular weight is 296 g/mol. The monoisotopic (exact) mass is 295 g/mol. The SMILES string of the molecule is CCC(N)c1cn(Cc2ccc(Br)cn2)nn1. The lowest BCUT2D eigenvalue weighted by atomic mass is 10.2. The van der Waals surface area contributed by atoms with Gasteiger partial charge in [-0.05, 0) is 34.5 Å². The van der Waals surface area contributed by atoms with Crippen LogP contribution in [0.4, 0.5) is 0 Å². The summed E-state index contributed by atoms with van der Waals surface area (Å²) < 4.78 is 2.72. The second-order valence-corrected chi connectivity index (χ2v) is 4.74. The Balaban J connectivity index is 2.08. The highest BCUT2D eigenvalue weighted by Crippen LogP contribution is 2.11. The summed E-state index contributed by atoms with van der Waals surface area (Å²) in [5.74, 6) is 0. The van der Waals surface area contributed by atoms with Crippen molar-refractivity contribution in [3.05, 3.63) is 40.4 Å². The number of halogens is 1. The van der Waals surface area contributed by atoms with Crippen LogP contribution in [0, 0.1) is 0 Å². The molecule has 0 aliphatic heterocycles. The Bertz CT molecular complexity index is 479. The van der Waals surface area contributed by atoms with E-state index in [9.17, 15) is 0 Å². The Morgan fingerprint density at radius 3 is 2.94 bits per heavy atom. The maximum Gasteiger partial charge on any atom is 0.0994 e. The minimum absolute atomic E-state index is 0.0402.